The number of hydrogen-bond donors (Lipinski definition) is 1. The molecule has 2 aromatic rings. The molecule has 0 amide bonds. The van der Waals surface area contributed by atoms with Crippen molar-refractivity contribution in [3.63, 3.8) is 0 Å². The van der Waals surface area contributed by atoms with Crippen molar-refractivity contribution in [1.82, 2.24) is 0 Å². The summed E-state index contributed by atoms with van der Waals surface area (Å²) in [6.07, 6.45) is 2.00. The quantitative estimate of drug-likeness (QED) is 0.840. The summed E-state index contributed by atoms with van der Waals surface area (Å²) in [5.41, 5.74) is 8.32. The molecule has 0 bridgehead atoms. The minimum atomic E-state index is -0.481. The maximum absolute atomic E-state index is 13.3. The van der Waals surface area contributed by atoms with Crippen LogP contribution < -0.4 is 10.6 Å². The molecule has 0 aromatic heterocycles. The predicted octanol–water partition coefficient (Wildman–Crippen LogP) is 4.13. The zero-order valence-electron chi connectivity index (χ0n) is 11.4. The number of benzene rings is 2. The first-order valence-electron chi connectivity index (χ1n) is 6.57. The molecule has 2 aromatic carbocycles. The topological polar surface area (TPSA) is 29.3 Å². The summed E-state index contributed by atoms with van der Waals surface area (Å²) in [7, 11) is 1.94. The second kappa shape index (κ2) is 6.62. The van der Waals surface area contributed by atoms with E-state index in [1.807, 2.05) is 30.1 Å². The van der Waals surface area contributed by atoms with Crippen molar-refractivity contribution in [2.45, 2.75) is 12.8 Å². The fraction of sp³-hybridized carbons (Fsp3) is 0.250. The molecule has 0 spiro atoms. The second-order valence-corrected chi connectivity index (χ2v) is 5.24. The molecule has 106 valence electrons. The summed E-state index contributed by atoms with van der Waals surface area (Å²) in [5, 5.41) is 0.101. The molecular formula is C16H18ClFN2. The van der Waals surface area contributed by atoms with Gasteiger partial charge >= 0.3 is 0 Å². The van der Waals surface area contributed by atoms with Gasteiger partial charge in [0.2, 0.25) is 0 Å². The lowest BCUT2D eigenvalue weighted by Gasteiger charge is -2.21. The van der Waals surface area contributed by atoms with Gasteiger partial charge < -0.3 is 10.6 Å². The first-order valence-corrected chi connectivity index (χ1v) is 6.95. The summed E-state index contributed by atoms with van der Waals surface area (Å²) < 4.78 is 13.3. The average Bonchev–Trinajstić information content (AvgIpc) is 2.44. The second-order valence-electron chi connectivity index (χ2n) is 4.84. The van der Waals surface area contributed by atoms with Crippen LogP contribution in [-0.2, 0) is 6.42 Å². The molecule has 4 heteroatoms. The van der Waals surface area contributed by atoms with E-state index in [1.165, 1.54) is 11.6 Å². The Hall–Kier alpha value is -1.74. The lowest BCUT2D eigenvalue weighted by atomic mass is 10.1. The number of hydrogen-bond acceptors (Lipinski definition) is 2. The zero-order chi connectivity index (χ0) is 14.5. The average molecular weight is 293 g/mol. The molecule has 0 aliphatic heterocycles. The maximum atomic E-state index is 13.3. The van der Waals surface area contributed by atoms with Gasteiger partial charge in [-0.1, -0.05) is 41.9 Å². The third-order valence-electron chi connectivity index (χ3n) is 3.28. The number of anilines is 2. The Kier molecular flexibility index (Phi) is 4.85. The minimum absolute atomic E-state index is 0.101. The maximum Gasteiger partial charge on any atom is 0.143 e. The molecule has 0 fully saturated rings. The van der Waals surface area contributed by atoms with Crippen molar-refractivity contribution >= 4 is 23.0 Å². The van der Waals surface area contributed by atoms with Crippen LogP contribution in [0.1, 0.15) is 12.0 Å². The van der Waals surface area contributed by atoms with Gasteiger partial charge in [0.05, 0.1) is 16.4 Å². The smallest absolute Gasteiger partial charge is 0.143 e. The van der Waals surface area contributed by atoms with Gasteiger partial charge in [0.1, 0.15) is 5.82 Å². The number of rotatable bonds is 5. The molecule has 0 saturated carbocycles. The third-order valence-corrected chi connectivity index (χ3v) is 3.57. The largest absolute Gasteiger partial charge is 0.397 e. The van der Waals surface area contributed by atoms with Crippen molar-refractivity contribution < 1.29 is 4.39 Å². The van der Waals surface area contributed by atoms with E-state index in [0.29, 0.717) is 5.69 Å². The minimum Gasteiger partial charge on any atom is -0.397 e. The molecule has 0 unspecified atom stereocenters. The van der Waals surface area contributed by atoms with E-state index in [2.05, 4.69) is 12.1 Å². The summed E-state index contributed by atoms with van der Waals surface area (Å²) in [6, 6.07) is 13.2. The summed E-state index contributed by atoms with van der Waals surface area (Å²) >= 11 is 5.80. The molecule has 0 radical (unpaired) electrons. The monoisotopic (exact) mass is 292 g/mol. The van der Waals surface area contributed by atoms with Crippen LogP contribution in [0.5, 0.6) is 0 Å². The Morgan fingerprint density at radius 2 is 1.90 bits per heavy atom. The van der Waals surface area contributed by atoms with Gasteiger partial charge in [0.15, 0.2) is 0 Å². The van der Waals surface area contributed by atoms with Crippen LogP contribution in [0, 0.1) is 5.82 Å². The standard InChI is InChI=1S/C16H18ClFN2/c1-20(9-5-8-12-6-3-2-4-7-12)16-10-13(17)14(18)11-15(16)19/h2-4,6-7,10-11H,5,8-9,19H2,1H3. The van der Waals surface area contributed by atoms with Crippen LogP contribution in [0.2, 0.25) is 5.02 Å². The molecule has 0 aliphatic rings. The number of aryl methyl sites for hydroxylation is 1. The number of nitrogens with zero attached hydrogens (tertiary/aromatic N) is 1. The third kappa shape index (κ3) is 3.64. The molecule has 0 aliphatic carbocycles. The highest BCUT2D eigenvalue weighted by Gasteiger charge is 2.10. The summed E-state index contributed by atoms with van der Waals surface area (Å²) in [5.74, 6) is -0.481. The molecule has 0 saturated heterocycles. The molecule has 2 rings (SSSR count). The fourth-order valence-corrected chi connectivity index (χ4v) is 2.33. The van der Waals surface area contributed by atoms with Crippen molar-refractivity contribution in [1.29, 1.82) is 0 Å². The van der Waals surface area contributed by atoms with E-state index >= 15 is 0 Å². The zero-order valence-corrected chi connectivity index (χ0v) is 12.2. The Labute approximate surface area is 124 Å². The van der Waals surface area contributed by atoms with Crippen LogP contribution in [0.3, 0.4) is 0 Å². The Morgan fingerprint density at radius 1 is 1.20 bits per heavy atom. The SMILES string of the molecule is CN(CCCc1ccccc1)c1cc(Cl)c(F)cc1N. The van der Waals surface area contributed by atoms with Crippen LogP contribution in [0.15, 0.2) is 42.5 Å². The number of nitrogen functional groups attached to an aromatic ring is 1. The van der Waals surface area contributed by atoms with Gasteiger partial charge in [0, 0.05) is 19.7 Å². The molecule has 2 nitrogen and oxygen atoms in total. The van der Waals surface area contributed by atoms with Gasteiger partial charge in [-0.3, -0.25) is 0 Å². The van der Waals surface area contributed by atoms with Crippen LogP contribution >= 0.6 is 11.6 Å². The molecule has 20 heavy (non-hydrogen) atoms. The van der Waals surface area contributed by atoms with E-state index in [9.17, 15) is 4.39 Å². The van der Waals surface area contributed by atoms with Gasteiger partial charge in [-0.05, 0) is 24.5 Å². The van der Waals surface area contributed by atoms with Crippen LogP contribution in [0.25, 0.3) is 0 Å². The highest BCUT2D eigenvalue weighted by Crippen LogP contribution is 2.28. The van der Waals surface area contributed by atoms with Crippen molar-refractivity contribution in [3.05, 3.63) is 58.9 Å². The summed E-state index contributed by atoms with van der Waals surface area (Å²) in [4.78, 5) is 2.00. The van der Waals surface area contributed by atoms with E-state index in [4.69, 9.17) is 17.3 Å². The molecule has 2 N–H and O–H groups in total. The van der Waals surface area contributed by atoms with Crippen molar-refractivity contribution in [3.8, 4) is 0 Å². The summed E-state index contributed by atoms with van der Waals surface area (Å²) in [6.45, 7) is 0.834. The lowest BCUT2D eigenvalue weighted by molar-refractivity contribution is 0.628. The Balaban J connectivity index is 1.95. The fourth-order valence-electron chi connectivity index (χ4n) is 2.17. The van der Waals surface area contributed by atoms with E-state index in [-0.39, 0.29) is 5.02 Å². The Bertz CT molecular complexity index is 572. The van der Waals surface area contributed by atoms with Crippen molar-refractivity contribution in [2.75, 3.05) is 24.2 Å². The van der Waals surface area contributed by atoms with Gasteiger partial charge in [0.25, 0.3) is 0 Å². The first-order chi connectivity index (χ1) is 9.58. The highest BCUT2D eigenvalue weighted by atomic mass is 35.5. The molecule has 0 atom stereocenters. The normalized spacial score (nSPS) is 10.6. The van der Waals surface area contributed by atoms with E-state index < -0.39 is 5.82 Å². The van der Waals surface area contributed by atoms with Gasteiger partial charge in [-0.25, -0.2) is 4.39 Å². The van der Waals surface area contributed by atoms with Gasteiger partial charge in [-0.2, -0.15) is 0 Å². The van der Waals surface area contributed by atoms with E-state index in [1.54, 1.807) is 6.07 Å². The number of nitrogens with two attached hydrogens (primary N) is 1. The number of halogens is 2. The lowest BCUT2D eigenvalue weighted by Crippen LogP contribution is -2.20. The molecular weight excluding hydrogens is 275 g/mol. The van der Waals surface area contributed by atoms with Crippen molar-refractivity contribution in [2.24, 2.45) is 0 Å². The highest BCUT2D eigenvalue weighted by molar-refractivity contribution is 6.31. The van der Waals surface area contributed by atoms with E-state index in [0.717, 1.165) is 25.1 Å². The predicted molar refractivity (Wildman–Crippen MR) is 83.9 cm³/mol. The Morgan fingerprint density at radius 3 is 2.60 bits per heavy atom. The van der Waals surface area contributed by atoms with Gasteiger partial charge in [-0.15, -0.1) is 0 Å². The van der Waals surface area contributed by atoms with Crippen LogP contribution in [0.4, 0.5) is 15.8 Å². The van der Waals surface area contributed by atoms with Crippen LogP contribution in [-0.4, -0.2) is 13.6 Å². The first kappa shape index (κ1) is 14.7. The molecule has 0 heterocycles.